The molecule has 0 saturated heterocycles. The zero-order valence-corrected chi connectivity index (χ0v) is 12.0. The Morgan fingerprint density at radius 2 is 1.94 bits per heavy atom. The molecule has 0 saturated carbocycles. The molecule has 1 unspecified atom stereocenters. The van der Waals surface area contributed by atoms with Crippen LogP contribution in [-0.2, 0) is 6.42 Å². The van der Waals surface area contributed by atoms with Gasteiger partial charge in [-0.1, -0.05) is 32.0 Å². The molecular weight excluding hydrogens is 220 g/mol. The van der Waals surface area contributed by atoms with Gasteiger partial charge >= 0.3 is 0 Å². The molecule has 98 valence electrons. The molecule has 0 radical (unpaired) electrons. The monoisotopic (exact) mass is 244 g/mol. The summed E-state index contributed by atoms with van der Waals surface area (Å²) in [6.45, 7) is 10.2. The highest BCUT2D eigenvalue weighted by Crippen LogP contribution is 2.10. The van der Waals surface area contributed by atoms with Crippen molar-refractivity contribution >= 4 is 0 Å². The van der Waals surface area contributed by atoms with Crippen LogP contribution in [0.15, 0.2) is 18.2 Å². The van der Waals surface area contributed by atoms with E-state index in [1.807, 2.05) is 0 Å². The first-order valence-corrected chi connectivity index (χ1v) is 6.71. The number of benzene rings is 1. The van der Waals surface area contributed by atoms with E-state index >= 15 is 0 Å². The van der Waals surface area contributed by atoms with Crippen LogP contribution < -0.4 is 5.32 Å². The van der Waals surface area contributed by atoms with E-state index in [1.165, 1.54) is 16.7 Å². The topological polar surface area (TPSA) is 35.8 Å². The maximum atomic E-state index is 8.99. The number of nitrogens with zero attached hydrogens (tertiary/aromatic N) is 1. The van der Waals surface area contributed by atoms with Crippen molar-refractivity contribution < 1.29 is 0 Å². The van der Waals surface area contributed by atoms with Crippen LogP contribution in [0.25, 0.3) is 0 Å². The molecule has 2 heteroatoms. The van der Waals surface area contributed by atoms with Gasteiger partial charge in [-0.15, -0.1) is 0 Å². The Morgan fingerprint density at radius 3 is 2.50 bits per heavy atom. The lowest BCUT2D eigenvalue weighted by atomic mass is 9.97. The van der Waals surface area contributed by atoms with Crippen LogP contribution in [0.5, 0.6) is 0 Å². The maximum absolute atomic E-state index is 8.99. The second-order valence-corrected chi connectivity index (χ2v) is 5.35. The van der Waals surface area contributed by atoms with Gasteiger partial charge < -0.3 is 5.32 Å². The van der Waals surface area contributed by atoms with Crippen molar-refractivity contribution in [2.45, 2.75) is 34.1 Å². The smallest absolute Gasteiger partial charge is 0.0671 e. The highest BCUT2D eigenvalue weighted by atomic mass is 14.9. The highest BCUT2D eigenvalue weighted by Gasteiger charge is 2.10. The summed E-state index contributed by atoms with van der Waals surface area (Å²) in [7, 11) is 0. The first-order valence-electron chi connectivity index (χ1n) is 6.71. The van der Waals surface area contributed by atoms with Crippen molar-refractivity contribution in [1.82, 2.24) is 5.32 Å². The van der Waals surface area contributed by atoms with Crippen LogP contribution in [0.2, 0.25) is 0 Å². The zero-order valence-electron chi connectivity index (χ0n) is 12.0. The number of hydrogen-bond acceptors (Lipinski definition) is 2. The van der Waals surface area contributed by atoms with Gasteiger partial charge in [0.25, 0.3) is 0 Å². The number of rotatable bonds is 6. The van der Waals surface area contributed by atoms with Crippen LogP contribution in [-0.4, -0.2) is 13.1 Å². The zero-order chi connectivity index (χ0) is 13.5. The van der Waals surface area contributed by atoms with E-state index in [1.54, 1.807) is 0 Å². The van der Waals surface area contributed by atoms with Gasteiger partial charge in [0.2, 0.25) is 0 Å². The fraction of sp³-hybridized carbons (Fsp3) is 0.562. The molecular formula is C16H24N2. The van der Waals surface area contributed by atoms with Gasteiger partial charge in [0.1, 0.15) is 0 Å². The van der Waals surface area contributed by atoms with Crippen molar-refractivity contribution in [3.8, 4) is 6.07 Å². The largest absolute Gasteiger partial charge is 0.315 e. The molecule has 1 atom stereocenters. The molecule has 0 heterocycles. The van der Waals surface area contributed by atoms with Crippen molar-refractivity contribution in [3.63, 3.8) is 0 Å². The molecule has 2 nitrogen and oxygen atoms in total. The minimum atomic E-state index is 0.116. The molecule has 0 spiro atoms. The summed E-state index contributed by atoms with van der Waals surface area (Å²) in [4.78, 5) is 0. The van der Waals surface area contributed by atoms with E-state index in [4.69, 9.17) is 5.26 Å². The second kappa shape index (κ2) is 7.18. The van der Waals surface area contributed by atoms with Gasteiger partial charge in [0.15, 0.2) is 0 Å². The van der Waals surface area contributed by atoms with E-state index in [-0.39, 0.29) is 5.92 Å². The molecule has 0 aliphatic rings. The fourth-order valence-electron chi connectivity index (χ4n) is 1.88. The van der Waals surface area contributed by atoms with E-state index < -0.39 is 0 Å². The van der Waals surface area contributed by atoms with Crippen molar-refractivity contribution in [1.29, 1.82) is 5.26 Å². The van der Waals surface area contributed by atoms with Gasteiger partial charge in [-0.25, -0.2) is 0 Å². The molecule has 1 N–H and O–H groups in total. The lowest BCUT2D eigenvalue weighted by molar-refractivity contribution is 0.444. The summed E-state index contributed by atoms with van der Waals surface area (Å²) < 4.78 is 0. The molecule has 0 amide bonds. The van der Waals surface area contributed by atoms with Crippen LogP contribution >= 0.6 is 0 Å². The summed E-state index contributed by atoms with van der Waals surface area (Å²) in [6.07, 6.45) is 1.03. The molecule has 0 aliphatic heterocycles. The van der Waals surface area contributed by atoms with Crippen LogP contribution in [0, 0.1) is 37.0 Å². The van der Waals surface area contributed by atoms with E-state index in [2.05, 4.69) is 57.3 Å². The minimum Gasteiger partial charge on any atom is -0.315 e. The number of aryl methyl sites for hydroxylation is 2. The Balaban J connectivity index is 2.34. The Bertz CT molecular complexity index is 416. The number of nitriles is 1. The van der Waals surface area contributed by atoms with Crippen LogP contribution in [0.1, 0.15) is 30.5 Å². The molecule has 1 rings (SSSR count). The second-order valence-electron chi connectivity index (χ2n) is 5.35. The Hall–Kier alpha value is -1.33. The summed E-state index contributed by atoms with van der Waals surface area (Å²) in [5, 5.41) is 12.4. The van der Waals surface area contributed by atoms with Gasteiger partial charge in [-0.05, 0) is 49.4 Å². The average Bonchev–Trinajstić information content (AvgIpc) is 2.33. The quantitative estimate of drug-likeness (QED) is 0.780. The van der Waals surface area contributed by atoms with E-state index in [9.17, 15) is 0 Å². The predicted octanol–water partition coefficient (Wildman–Crippen LogP) is 3.23. The third-order valence-corrected chi connectivity index (χ3v) is 3.50. The van der Waals surface area contributed by atoms with Gasteiger partial charge in [-0.2, -0.15) is 5.26 Å². The molecule has 0 aromatic heterocycles. The molecule has 0 fully saturated rings. The lowest BCUT2D eigenvalue weighted by Gasteiger charge is -2.13. The maximum Gasteiger partial charge on any atom is 0.0671 e. The summed E-state index contributed by atoms with van der Waals surface area (Å²) in [6, 6.07) is 8.97. The Labute approximate surface area is 111 Å². The van der Waals surface area contributed by atoms with Crippen LogP contribution in [0.4, 0.5) is 0 Å². The van der Waals surface area contributed by atoms with Gasteiger partial charge in [0.05, 0.1) is 12.0 Å². The molecule has 0 aliphatic carbocycles. The van der Waals surface area contributed by atoms with Crippen molar-refractivity contribution in [2.75, 3.05) is 13.1 Å². The summed E-state index contributed by atoms with van der Waals surface area (Å²) in [5.74, 6) is 0.536. The molecule has 1 aromatic rings. The first kappa shape index (κ1) is 14.7. The highest BCUT2D eigenvalue weighted by molar-refractivity contribution is 5.30. The first-order chi connectivity index (χ1) is 8.54. The van der Waals surface area contributed by atoms with Gasteiger partial charge in [0, 0.05) is 6.54 Å². The van der Waals surface area contributed by atoms with Crippen LogP contribution in [0.3, 0.4) is 0 Å². The number of hydrogen-bond donors (Lipinski definition) is 1. The van der Waals surface area contributed by atoms with E-state index in [0.717, 1.165) is 19.5 Å². The summed E-state index contributed by atoms with van der Waals surface area (Å²) >= 11 is 0. The van der Waals surface area contributed by atoms with Crippen molar-refractivity contribution in [2.24, 2.45) is 11.8 Å². The predicted molar refractivity (Wildman–Crippen MR) is 76.4 cm³/mol. The Morgan fingerprint density at radius 1 is 1.22 bits per heavy atom. The molecule has 0 bridgehead atoms. The summed E-state index contributed by atoms with van der Waals surface area (Å²) in [5.41, 5.74) is 4.06. The van der Waals surface area contributed by atoms with E-state index in [0.29, 0.717) is 5.92 Å². The normalized spacial score (nSPS) is 12.4. The average molecular weight is 244 g/mol. The Kier molecular flexibility index (Phi) is 5.88. The SMILES string of the molecule is Cc1ccc(CCNCC(C#N)C(C)C)cc1C. The lowest BCUT2D eigenvalue weighted by Crippen LogP contribution is -2.27. The number of nitrogens with one attached hydrogen (secondary N) is 1. The minimum absolute atomic E-state index is 0.116. The fourth-order valence-corrected chi connectivity index (χ4v) is 1.88. The van der Waals surface area contributed by atoms with Crippen molar-refractivity contribution in [3.05, 3.63) is 34.9 Å². The molecule has 1 aromatic carbocycles. The van der Waals surface area contributed by atoms with Gasteiger partial charge in [-0.3, -0.25) is 0 Å². The standard InChI is InChI=1S/C16H24N2/c1-12(2)16(10-17)11-18-8-7-15-6-5-13(3)14(4)9-15/h5-6,9,12,16,18H,7-8,11H2,1-4H3. The third-order valence-electron chi connectivity index (χ3n) is 3.50. The third kappa shape index (κ3) is 4.50. The molecule has 18 heavy (non-hydrogen) atoms.